The summed E-state index contributed by atoms with van der Waals surface area (Å²) < 4.78 is 55.2. The Bertz CT molecular complexity index is 10800. The first-order chi connectivity index (χ1) is 73.7. The van der Waals surface area contributed by atoms with E-state index in [4.69, 9.17) is 0 Å². The van der Waals surface area contributed by atoms with Crippen LogP contribution in [0.15, 0.2) is 534 Å². The molecule has 0 saturated heterocycles. The summed E-state index contributed by atoms with van der Waals surface area (Å²) in [5.41, 5.74) is 23.7. The van der Waals surface area contributed by atoms with Crippen LogP contribution in [0, 0.1) is 0 Å². The molecule has 0 N–H and O–H groups in total. The predicted molar refractivity (Wildman–Crippen MR) is 634 cm³/mol. The molecule has 3 aliphatic heterocycles. The molecule has 3 aliphatic rings. The molecule has 3 aromatic heterocycles. The van der Waals surface area contributed by atoms with Crippen LogP contribution in [0.4, 0.5) is 0 Å². The molecule has 0 bridgehead atoms. The maximum absolute atomic E-state index is 16.0. The van der Waals surface area contributed by atoms with Crippen molar-refractivity contribution < 1.29 is 13.7 Å². The Balaban J connectivity index is 0.000000103. The van der Waals surface area contributed by atoms with Gasteiger partial charge in [0.05, 0.1) is 50.2 Å². The maximum atomic E-state index is 16.0. The second kappa shape index (κ2) is 33.7. The third-order valence-electron chi connectivity index (χ3n) is 31.9. The van der Waals surface area contributed by atoms with Crippen molar-refractivity contribution >= 4 is 221 Å². The molecule has 0 amide bonds. The van der Waals surface area contributed by atoms with E-state index in [9.17, 15) is 0 Å². The van der Waals surface area contributed by atoms with Gasteiger partial charge in [0.15, 0.2) is 21.4 Å². The standard InChI is InChI=1S/2C48H30NOP.C44H28NOP/c50-51(32-17-2-1-3-18-32)44-28-13-11-20-34(44)40-29-30-43-46(48(40)51)41-25-10-12-27-42(41)49(43)47-38-23-8-6-21-36(38)45(37-22-7-9-24-39(37)47)35-26-14-16-31-15-4-5-19-33(31)35;50-51(34-16-2-1-3-17-34)44-25-13-11-18-35(44)40-28-29-43-46(48(40)51)41-23-10-12-24-42(41)49(43)47-38-21-8-6-19-36(38)45(37-20-7-9-22-39(37)47)33-27-26-31-14-4-5-15-32(31)30-33;46-47(30-17-5-2-6-18-30)40-26-14-12-19-31(40)36-27-28-39-42(44(36)47)37-24-11-13-25-38(37)45(39)43-34-22-9-7-20-32(34)41(29-15-3-1-4-16-29)33-21-8-10-23-35(33)43/h2*1-30H;1-28H. The average Bonchev–Trinajstić information content (AvgIpc) is 1.53. The molecule has 0 fully saturated rings. The van der Waals surface area contributed by atoms with Gasteiger partial charge in [-0.25, -0.2) is 0 Å². The van der Waals surface area contributed by atoms with E-state index in [-0.39, 0.29) is 0 Å². The van der Waals surface area contributed by atoms with Crippen molar-refractivity contribution in [2.24, 2.45) is 0 Å². The van der Waals surface area contributed by atoms with E-state index >= 15 is 13.7 Å². The van der Waals surface area contributed by atoms with E-state index in [1.165, 1.54) is 120 Å². The lowest BCUT2D eigenvalue weighted by Crippen LogP contribution is -2.21. The summed E-state index contributed by atoms with van der Waals surface area (Å²) in [5.74, 6) is 0. The van der Waals surface area contributed by atoms with Crippen LogP contribution < -0.4 is 47.7 Å². The highest BCUT2D eigenvalue weighted by Gasteiger charge is 2.47. The van der Waals surface area contributed by atoms with Crippen LogP contribution in [-0.2, 0) is 13.7 Å². The van der Waals surface area contributed by atoms with Crippen molar-refractivity contribution in [2.75, 3.05) is 0 Å². The Morgan fingerprint density at radius 2 is 0.403 bits per heavy atom. The van der Waals surface area contributed by atoms with Gasteiger partial charge in [-0.3, -0.25) is 0 Å². The second-order valence-electron chi connectivity index (χ2n) is 39.4. The van der Waals surface area contributed by atoms with Crippen molar-refractivity contribution in [1.82, 2.24) is 13.7 Å². The summed E-state index contributed by atoms with van der Waals surface area (Å²) in [5, 5.41) is 34.0. The van der Waals surface area contributed by atoms with Gasteiger partial charge >= 0.3 is 0 Å². The SMILES string of the molecule is O=P1(c2ccccc2)c2ccccc2-c2ccc3c(c21)c1ccccc1n3-c1c2ccccc2c(-c2ccc3ccccc3c2)c2ccccc12.O=P1(c2ccccc2)c2ccccc2-c2ccc3c(c21)c1ccccc1n3-c1c2ccccc2c(-c2cccc3ccccc23)c2ccccc12.O=P1(c2ccccc2)c2ccccc2-c2ccc3c(c21)c1ccccc1n3-c1c2ccccc2c(-c2ccccc2)c2ccccc12. The van der Waals surface area contributed by atoms with Crippen LogP contribution in [0.5, 0.6) is 0 Å². The highest BCUT2D eigenvalue weighted by molar-refractivity contribution is 7.88. The molecular formula is C140H88N3O3P3. The maximum Gasteiger partial charge on any atom is 0.172 e. The predicted octanol–water partition coefficient (Wildman–Crippen LogP) is 33.4. The minimum atomic E-state index is -3.21. The Morgan fingerprint density at radius 1 is 0.148 bits per heavy atom. The monoisotopic (exact) mass is 1950 g/mol. The molecule has 26 aromatic carbocycles. The van der Waals surface area contributed by atoms with Crippen LogP contribution >= 0.6 is 21.4 Å². The summed E-state index contributed by atoms with van der Waals surface area (Å²) in [7, 11) is -9.61. The van der Waals surface area contributed by atoms with E-state index in [2.05, 4.69) is 438 Å². The molecular weight excluding hydrogens is 1860 g/mol. The van der Waals surface area contributed by atoms with Crippen molar-refractivity contribution in [3.05, 3.63) is 534 Å². The molecule has 29 aromatic rings. The zero-order valence-electron chi connectivity index (χ0n) is 80.7. The first-order valence-electron chi connectivity index (χ1n) is 51.0. The van der Waals surface area contributed by atoms with Gasteiger partial charge in [-0.2, -0.15) is 0 Å². The smallest absolute Gasteiger partial charge is 0.172 e. The number of para-hydroxylation sites is 3. The first kappa shape index (κ1) is 86.4. The average molecular weight is 1950 g/mol. The molecule has 3 unspecified atom stereocenters. The molecule has 32 rings (SSSR count). The zero-order chi connectivity index (χ0) is 98.5. The number of rotatable bonds is 9. The minimum Gasteiger partial charge on any atom is -0.309 e. The number of aromatic nitrogens is 3. The Hall–Kier alpha value is -18.1. The van der Waals surface area contributed by atoms with Crippen LogP contribution in [-0.4, -0.2) is 13.7 Å². The summed E-state index contributed by atoms with van der Waals surface area (Å²) in [6.07, 6.45) is 0. The molecule has 9 heteroatoms. The summed E-state index contributed by atoms with van der Waals surface area (Å²) in [4.78, 5) is 0. The van der Waals surface area contributed by atoms with Gasteiger partial charge in [-0.15, -0.1) is 0 Å². The van der Waals surface area contributed by atoms with Crippen LogP contribution in [0.3, 0.4) is 0 Å². The Morgan fingerprint density at radius 3 is 0.758 bits per heavy atom. The fourth-order valence-electron chi connectivity index (χ4n) is 25.8. The largest absolute Gasteiger partial charge is 0.309 e. The van der Waals surface area contributed by atoms with Crippen LogP contribution in [0.25, 0.3) is 235 Å². The normalized spacial score (nSPS) is 15.3. The van der Waals surface area contributed by atoms with Gasteiger partial charge in [0.1, 0.15) is 0 Å². The lowest BCUT2D eigenvalue weighted by Gasteiger charge is -2.20. The van der Waals surface area contributed by atoms with Crippen molar-refractivity contribution in [1.29, 1.82) is 0 Å². The lowest BCUT2D eigenvalue weighted by atomic mass is 9.88. The molecule has 0 aliphatic carbocycles. The number of hydrogen-bond acceptors (Lipinski definition) is 3. The van der Waals surface area contributed by atoms with Gasteiger partial charge in [-0.05, 0) is 163 Å². The molecule has 3 atom stereocenters. The summed E-state index contributed by atoms with van der Waals surface area (Å²) in [6.45, 7) is 0. The molecule has 0 radical (unpaired) electrons. The van der Waals surface area contributed by atoms with E-state index in [0.29, 0.717) is 0 Å². The third kappa shape index (κ3) is 12.5. The highest BCUT2D eigenvalue weighted by atomic mass is 31.2. The molecule has 0 spiro atoms. The number of benzene rings is 26. The van der Waals surface area contributed by atoms with Crippen molar-refractivity contribution in [2.45, 2.75) is 0 Å². The zero-order valence-corrected chi connectivity index (χ0v) is 83.4. The third-order valence-corrected chi connectivity index (χ3v) is 41.4. The fourth-order valence-corrected chi connectivity index (χ4v) is 35.7. The van der Waals surface area contributed by atoms with Gasteiger partial charge in [0.2, 0.25) is 0 Å². The Labute approximate surface area is 859 Å². The van der Waals surface area contributed by atoms with E-state index in [0.717, 1.165) is 164 Å². The van der Waals surface area contributed by atoms with E-state index in [1.54, 1.807) is 0 Å². The summed E-state index contributed by atoms with van der Waals surface area (Å²) >= 11 is 0. The molecule has 6 nitrogen and oxygen atoms in total. The minimum absolute atomic E-state index is 0.871. The summed E-state index contributed by atoms with van der Waals surface area (Å²) in [6, 6.07) is 189. The van der Waals surface area contributed by atoms with Crippen molar-refractivity contribution in [3.63, 3.8) is 0 Å². The topological polar surface area (TPSA) is 66.0 Å². The fraction of sp³-hybridized carbons (Fsp3) is 0. The molecule has 6 heterocycles. The van der Waals surface area contributed by atoms with E-state index in [1.807, 2.05) is 109 Å². The highest BCUT2D eigenvalue weighted by Crippen LogP contribution is 2.61. The lowest BCUT2D eigenvalue weighted by molar-refractivity contribution is 0.592. The van der Waals surface area contributed by atoms with Gasteiger partial charge in [0, 0.05) is 112 Å². The van der Waals surface area contributed by atoms with Crippen molar-refractivity contribution in [3.8, 4) is 83.8 Å². The van der Waals surface area contributed by atoms with Gasteiger partial charge < -0.3 is 27.4 Å². The second-order valence-corrected chi connectivity index (χ2v) is 47.4. The number of nitrogens with zero attached hydrogens (tertiary/aromatic N) is 3. The van der Waals surface area contributed by atoms with Gasteiger partial charge in [-0.1, -0.05) is 491 Å². The molecule has 149 heavy (non-hydrogen) atoms. The first-order valence-corrected chi connectivity index (χ1v) is 56.1. The van der Waals surface area contributed by atoms with Crippen LogP contribution in [0.2, 0.25) is 0 Å². The Kier molecular flexibility index (Phi) is 19.6. The quantitative estimate of drug-likeness (QED) is 0.107. The number of fused-ring (bicyclic) bond motifs is 29. The molecule has 0 saturated carbocycles. The van der Waals surface area contributed by atoms with E-state index < -0.39 is 21.4 Å². The van der Waals surface area contributed by atoms with Gasteiger partial charge in [0.25, 0.3) is 0 Å². The van der Waals surface area contributed by atoms with Crippen LogP contribution in [0.1, 0.15) is 0 Å². The molecule has 696 valence electrons. The number of hydrogen-bond donors (Lipinski definition) is 0.